The van der Waals surface area contributed by atoms with Gasteiger partial charge in [0.2, 0.25) is 0 Å². The number of piperidine rings is 1. The fraction of sp³-hybridized carbons (Fsp3) is 0.556. The predicted molar refractivity (Wildman–Crippen MR) is 93.0 cm³/mol. The summed E-state index contributed by atoms with van der Waals surface area (Å²) in [5.74, 6) is -0.0959. The van der Waals surface area contributed by atoms with Crippen LogP contribution in [0.5, 0.6) is 0 Å². The summed E-state index contributed by atoms with van der Waals surface area (Å²) in [6.07, 6.45) is 2.30. The Bertz CT molecular complexity index is 711. The van der Waals surface area contributed by atoms with Crippen LogP contribution in [0.4, 0.5) is 4.79 Å². The van der Waals surface area contributed by atoms with Gasteiger partial charge < -0.3 is 9.64 Å². The molecule has 7 nitrogen and oxygen atoms in total. The van der Waals surface area contributed by atoms with Crippen LogP contribution >= 0.6 is 0 Å². The van der Waals surface area contributed by atoms with Crippen molar-refractivity contribution < 1.29 is 14.3 Å². The maximum Gasteiger partial charge on any atom is 0.410 e. The average molecular weight is 344 g/mol. The molecule has 1 fully saturated rings. The number of carbonyl (C=O) groups is 2. The lowest BCUT2D eigenvalue weighted by Crippen LogP contribution is -2.56. The van der Waals surface area contributed by atoms with Gasteiger partial charge in [-0.3, -0.25) is 9.78 Å². The Kier molecular flexibility index (Phi) is 4.26. The Balaban J connectivity index is 1.88. The van der Waals surface area contributed by atoms with Crippen LogP contribution < -0.4 is 0 Å². The molecule has 1 atom stereocenters. The van der Waals surface area contributed by atoms with E-state index in [2.05, 4.69) is 10.1 Å². The average Bonchev–Trinajstić information content (AvgIpc) is 2.78. The van der Waals surface area contributed by atoms with Crippen LogP contribution in [0.1, 0.15) is 32.9 Å². The van der Waals surface area contributed by atoms with Crippen LogP contribution in [0.15, 0.2) is 29.5 Å². The summed E-state index contributed by atoms with van der Waals surface area (Å²) in [4.78, 5) is 31.4. The fourth-order valence-corrected chi connectivity index (χ4v) is 3.38. The number of hydrazone groups is 1. The van der Waals surface area contributed by atoms with Crippen LogP contribution in [-0.2, 0) is 16.0 Å². The molecule has 1 saturated heterocycles. The van der Waals surface area contributed by atoms with E-state index in [0.717, 1.165) is 11.4 Å². The highest BCUT2D eigenvalue weighted by Crippen LogP contribution is 2.38. The van der Waals surface area contributed by atoms with Crippen LogP contribution in [-0.4, -0.2) is 58.3 Å². The molecule has 134 valence electrons. The highest BCUT2D eigenvalue weighted by Gasteiger charge is 2.54. The molecule has 25 heavy (non-hydrogen) atoms. The summed E-state index contributed by atoms with van der Waals surface area (Å²) >= 11 is 0. The highest BCUT2D eigenvalue weighted by molar-refractivity contribution is 6.13. The molecular formula is C18H24N4O3. The van der Waals surface area contributed by atoms with Gasteiger partial charge in [0, 0.05) is 44.9 Å². The molecule has 3 heterocycles. The van der Waals surface area contributed by atoms with Crippen molar-refractivity contribution in [1.82, 2.24) is 14.9 Å². The first-order valence-corrected chi connectivity index (χ1v) is 8.45. The summed E-state index contributed by atoms with van der Waals surface area (Å²) < 4.78 is 5.49. The summed E-state index contributed by atoms with van der Waals surface area (Å²) in [5.41, 5.74) is 0.212. The topological polar surface area (TPSA) is 75.1 Å². The number of hydrogen-bond acceptors (Lipinski definition) is 5. The zero-order valence-electron chi connectivity index (χ0n) is 15.2. The maximum atomic E-state index is 12.9. The van der Waals surface area contributed by atoms with Crippen molar-refractivity contribution in [3.8, 4) is 0 Å². The molecule has 0 aromatic carbocycles. The first-order valence-electron chi connectivity index (χ1n) is 8.45. The second-order valence-corrected chi connectivity index (χ2v) is 7.61. The van der Waals surface area contributed by atoms with Crippen LogP contribution in [0.3, 0.4) is 0 Å². The Morgan fingerprint density at radius 3 is 2.76 bits per heavy atom. The lowest BCUT2D eigenvalue weighted by Gasteiger charge is -2.39. The van der Waals surface area contributed by atoms with E-state index in [9.17, 15) is 9.59 Å². The standard InChI is InChI=1S/C18H24N4O3/c1-17(2,3)25-16(24)22-10-8-14-18(12-22,15(23)21(4)20-14)11-13-7-5-6-9-19-13/h5-7,9H,8,10-12H2,1-4H3/t18-/m0/s1. The Hall–Kier alpha value is -2.44. The molecule has 0 radical (unpaired) electrons. The number of likely N-dealkylation sites (tertiary alicyclic amines) is 1. The third-order valence-corrected chi connectivity index (χ3v) is 4.47. The zero-order chi connectivity index (χ0) is 18.2. The molecule has 1 aromatic rings. The first-order chi connectivity index (χ1) is 11.7. The van der Waals surface area contributed by atoms with Gasteiger partial charge in [0.15, 0.2) is 0 Å². The molecule has 0 spiro atoms. The second kappa shape index (κ2) is 6.13. The molecule has 2 amide bonds. The Morgan fingerprint density at radius 1 is 1.36 bits per heavy atom. The van der Waals surface area contributed by atoms with Gasteiger partial charge in [-0.05, 0) is 32.9 Å². The molecular weight excluding hydrogens is 320 g/mol. The normalized spacial score (nSPS) is 23.4. The molecule has 7 heteroatoms. The van der Waals surface area contributed by atoms with E-state index in [1.165, 1.54) is 5.01 Å². The third-order valence-electron chi connectivity index (χ3n) is 4.47. The molecule has 0 N–H and O–H groups in total. The molecule has 3 rings (SSSR count). The van der Waals surface area contributed by atoms with Crippen LogP contribution in [0, 0.1) is 5.41 Å². The number of aromatic nitrogens is 1. The lowest BCUT2D eigenvalue weighted by atomic mass is 9.74. The maximum absolute atomic E-state index is 12.9. The SMILES string of the molecule is CN1N=C2CCN(C(=O)OC(C)(C)C)C[C@]2(Cc2ccccn2)C1=O. The van der Waals surface area contributed by atoms with Gasteiger partial charge in [-0.1, -0.05) is 6.07 Å². The lowest BCUT2D eigenvalue weighted by molar-refractivity contribution is -0.136. The highest BCUT2D eigenvalue weighted by atomic mass is 16.6. The number of fused-ring (bicyclic) bond motifs is 1. The van der Waals surface area contributed by atoms with E-state index in [-0.39, 0.29) is 12.5 Å². The van der Waals surface area contributed by atoms with E-state index in [0.29, 0.717) is 19.4 Å². The number of amides is 2. The number of rotatable bonds is 2. The molecule has 1 aromatic heterocycles. The predicted octanol–water partition coefficient (Wildman–Crippen LogP) is 2.08. The summed E-state index contributed by atoms with van der Waals surface area (Å²) in [7, 11) is 1.66. The number of pyridine rings is 1. The van der Waals surface area contributed by atoms with Crippen molar-refractivity contribution in [1.29, 1.82) is 0 Å². The minimum absolute atomic E-state index is 0.0959. The largest absolute Gasteiger partial charge is 0.444 e. The molecule has 2 aliphatic rings. The van der Waals surface area contributed by atoms with Crippen LogP contribution in [0.2, 0.25) is 0 Å². The summed E-state index contributed by atoms with van der Waals surface area (Å²) in [6.45, 7) is 6.26. The van der Waals surface area contributed by atoms with Gasteiger partial charge in [0.25, 0.3) is 5.91 Å². The number of carbonyl (C=O) groups excluding carboxylic acids is 2. The number of ether oxygens (including phenoxy) is 1. The van der Waals surface area contributed by atoms with E-state index in [1.54, 1.807) is 18.1 Å². The van der Waals surface area contributed by atoms with Crippen molar-refractivity contribution in [2.75, 3.05) is 20.1 Å². The van der Waals surface area contributed by atoms with Gasteiger partial charge in [0.05, 0.1) is 5.71 Å². The van der Waals surface area contributed by atoms with Gasteiger partial charge in [-0.2, -0.15) is 5.10 Å². The van der Waals surface area contributed by atoms with Crippen molar-refractivity contribution >= 4 is 17.7 Å². The zero-order valence-corrected chi connectivity index (χ0v) is 15.2. The van der Waals surface area contributed by atoms with Crippen molar-refractivity contribution in [3.63, 3.8) is 0 Å². The number of hydrogen-bond donors (Lipinski definition) is 0. The smallest absolute Gasteiger partial charge is 0.410 e. The van der Waals surface area contributed by atoms with Crippen molar-refractivity contribution in [3.05, 3.63) is 30.1 Å². The van der Waals surface area contributed by atoms with Gasteiger partial charge >= 0.3 is 6.09 Å². The molecule has 0 aliphatic carbocycles. The van der Waals surface area contributed by atoms with Gasteiger partial charge in [-0.25, -0.2) is 9.80 Å². The van der Waals surface area contributed by atoms with Gasteiger partial charge in [-0.15, -0.1) is 0 Å². The second-order valence-electron chi connectivity index (χ2n) is 7.61. The minimum Gasteiger partial charge on any atom is -0.444 e. The monoisotopic (exact) mass is 344 g/mol. The molecule has 2 aliphatic heterocycles. The van der Waals surface area contributed by atoms with E-state index in [4.69, 9.17) is 4.74 Å². The van der Waals surface area contributed by atoms with Gasteiger partial charge in [0.1, 0.15) is 11.0 Å². The quantitative estimate of drug-likeness (QED) is 0.823. The summed E-state index contributed by atoms with van der Waals surface area (Å²) in [6, 6.07) is 5.63. The van der Waals surface area contributed by atoms with Crippen molar-refractivity contribution in [2.24, 2.45) is 10.5 Å². The fourth-order valence-electron chi connectivity index (χ4n) is 3.38. The first kappa shape index (κ1) is 17.4. The Labute approximate surface area is 147 Å². The Morgan fingerprint density at radius 2 is 2.12 bits per heavy atom. The van der Waals surface area contributed by atoms with E-state index in [1.807, 2.05) is 39.0 Å². The third kappa shape index (κ3) is 3.36. The summed E-state index contributed by atoms with van der Waals surface area (Å²) in [5, 5.41) is 5.81. The molecule has 0 unspecified atom stereocenters. The number of nitrogens with zero attached hydrogens (tertiary/aromatic N) is 4. The van der Waals surface area contributed by atoms with E-state index < -0.39 is 17.1 Å². The van der Waals surface area contributed by atoms with Crippen LogP contribution in [0.25, 0.3) is 0 Å². The minimum atomic E-state index is -0.849. The molecule has 0 saturated carbocycles. The van der Waals surface area contributed by atoms with E-state index >= 15 is 0 Å². The van der Waals surface area contributed by atoms with Crippen molar-refractivity contribution in [2.45, 2.75) is 39.2 Å². The molecule has 0 bridgehead atoms.